The van der Waals surface area contributed by atoms with E-state index in [-0.39, 0.29) is 11.7 Å². The van der Waals surface area contributed by atoms with Gasteiger partial charge in [0.2, 0.25) is 5.91 Å². The normalized spacial score (nSPS) is 15.5. The van der Waals surface area contributed by atoms with E-state index in [2.05, 4.69) is 0 Å². The maximum atomic E-state index is 12.1. The summed E-state index contributed by atoms with van der Waals surface area (Å²) >= 11 is 1.36. The topological polar surface area (TPSA) is 83.6 Å². The van der Waals surface area contributed by atoms with Gasteiger partial charge in [0.25, 0.3) is 5.91 Å². The van der Waals surface area contributed by atoms with Crippen LogP contribution in [0.15, 0.2) is 23.1 Å². The molecule has 1 aliphatic heterocycles. The molecular formula is C12H14N2O3S. The van der Waals surface area contributed by atoms with Gasteiger partial charge in [-0.05, 0) is 32.0 Å². The number of carbonyl (C=O) groups is 2. The molecule has 0 saturated heterocycles. The van der Waals surface area contributed by atoms with Gasteiger partial charge in [-0.1, -0.05) is 0 Å². The fourth-order valence-electron chi connectivity index (χ4n) is 1.67. The molecular weight excluding hydrogens is 252 g/mol. The number of imide groups is 1. The molecule has 1 aliphatic rings. The van der Waals surface area contributed by atoms with Crippen LogP contribution in [-0.4, -0.2) is 28.3 Å². The highest BCUT2D eigenvalue weighted by atomic mass is 32.2. The lowest BCUT2D eigenvalue weighted by molar-refractivity contribution is -0.136. The number of fused-ring (bicyclic) bond motifs is 1. The number of hydrogen-bond acceptors (Lipinski definition) is 5. The van der Waals surface area contributed by atoms with Gasteiger partial charge in [-0.3, -0.25) is 9.59 Å². The average molecular weight is 266 g/mol. The molecule has 0 bridgehead atoms. The van der Waals surface area contributed by atoms with Gasteiger partial charge in [-0.2, -0.15) is 0 Å². The van der Waals surface area contributed by atoms with E-state index in [4.69, 9.17) is 5.73 Å². The number of rotatable bonds is 1. The van der Waals surface area contributed by atoms with Crippen LogP contribution in [0.2, 0.25) is 0 Å². The van der Waals surface area contributed by atoms with E-state index in [0.29, 0.717) is 11.4 Å². The summed E-state index contributed by atoms with van der Waals surface area (Å²) in [5, 5.41) is 9.77. The summed E-state index contributed by atoms with van der Waals surface area (Å²) in [6.07, 6.45) is 0. The number of anilines is 2. The number of aliphatic hydroxyl groups is 1. The lowest BCUT2D eigenvalue weighted by atomic mass is 10.1. The van der Waals surface area contributed by atoms with Crippen LogP contribution in [0.5, 0.6) is 0 Å². The molecule has 1 heterocycles. The Morgan fingerprint density at radius 1 is 1.50 bits per heavy atom. The third kappa shape index (κ3) is 2.21. The molecule has 0 radical (unpaired) electrons. The summed E-state index contributed by atoms with van der Waals surface area (Å²) in [6.45, 7) is 2.71. The maximum absolute atomic E-state index is 12.1. The van der Waals surface area contributed by atoms with Crippen molar-refractivity contribution in [2.45, 2.75) is 24.3 Å². The molecule has 3 N–H and O–H groups in total. The summed E-state index contributed by atoms with van der Waals surface area (Å²) in [7, 11) is 0. The third-order valence-electron chi connectivity index (χ3n) is 2.55. The van der Waals surface area contributed by atoms with E-state index in [1.54, 1.807) is 18.2 Å². The number of carbonyl (C=O) groups excluding carboxylic acids is 2. The Hall–Kier alpha value is -1.53. The first-order valence-electron chi connectivity index (χ1n) is 5.43. The summed E-state index contributed by atoms with van der Waals surface area (Å²) < 4.78 is 0. The Bertz CT molecular complexity index is 523. The Labute approximate surface area is 109 Å². The average Bonchev–Trinajstić information content (AvgIpc) is 2.26. The Balaban J connectivity index is 2.51. The number of amides is 2. The molecule has 1 aromatic rings. The van der Waals surface area contributed by atoms with Crippen molar-refractivity contribution in [1.29, 1.82) is 0 Å². The van der Waals surface area contributed by atoms with Crippen molar-refractivity contribution in [2.75, 3.05) is 16.4 Å². The van der Waals surface area contributed by atoms with Crippen molar-refractivity contribution >= 4 is 35.0 Å². The second-order valence-corrected chi connectivity index (χ2v) is 5.63. The highest BCUT2D eigenvalue weighted by molar-refractivity contribution is 8.00. The van der Waals surface area contributed by atoms with Crippen LogP contribution in [-0.2, 0) is 9.59 Å². The largest absolute Gasteiger partial charge is 0.399 e. The second kappa shape index (κ2) is 4.29. The lowest BCUT2D eigenvalue weighted by Crippen LogP contribution is -2.50. The van der Waals surface area contributed by atoms with E-state index in [0.717, 1.165) is 9.80 Å². The van der Waals surface area contributed by atoms with Crippen LogP contribution >= 0.6 is 11.8 Å². The fourth-order valence-corrected chi connectivity index (χ4v) is 2.54. The summed E-state index contributed by atoms with van der Waals surface area (Å²) in [5.74, 6) is -0.802. The van der Waals surface area contributed by atoms with Gasteiger partial charge >= 0.3 is 0 Å². The molecule has 96 valence electrons. The van der Waals surface area contributed by atoms with Crippen molar-refractivity contribution < 1.29 is 14.7 Å². The van der Waals surface area contributed by atoms with Crippen molar-refractivity contribution in [2.24, 2.45) is 0 Å². The third-order valence-corrected chi connectivity index (χ3v) is 3.60. The van der Waals surface area contributed by atoms with Crippen molar-refractivity contribution in [3.05, 3.63) is 18.2 Å². The van der Waals surface area contributed by atoms with Crippen LogP contribution in [0, 0.1) is 0 Å². The zero-order valence-corrected chi connectivity index (χ0v) is 11.0. The lowest BCUT2D eigenvalue weighted by Gasteiger charge is -2.31. The van der Waals surface area contributed by atoms with Gasteiger partial charge in [0, 0.05) is 10.6 Å². The van der Waals surface area contributed by atoms with Gasteiger partial charge in [0.1, 0.15) is 5.60 Å². The molecule has 0 aromatic heterocycles. The molecule has 0 spiro atoms. The van der Waals surface area contributed by atoms with E-state index in [1.807, 2.05) is 0 Å². The van der Waals surface area contributed by atoms with Gasteiger partial charge in [-0.15, -0.1) is 11.8 Å². The highest BCUT2D eigenvalue weighted by Crippen LogP contribution is 2.37. The minimum atomic E-state index is -1.60. The summed E-state index contributed by atoms with van der Waals surface area (Å²) in [4.78, 5) is 25.8. The summed E-state index contributed by atoms with van der Waals surface area (Å²) in [6, 6.07) is 5.06. The number of nitrogens with zero attached hydrogens (tertiary/aromatic N) is 1. The number of benzene rings is 1. The highest BCUT2D eigenvalue weighted by Gasteiger charge is 2.37. The SMILES string of the molecule is CC(C)(O)C(=O)N1C(=O)CSc2ccc(N)cc21. The van der Waals surface area contributed by atoms with Gasteiger partial charge in [0.05, 0.1) is 11.4 Å². The molecule has 0 saturated carbocycles. The first kappa shape index (κ1) is 12.9. The number of nitrogens with two attached hydrogens (primary N) is 1. The zero-order valence-electron chi connectivity index (χ0n) is 10.1. The predicted octanol–water partition coefficient (Wildman–Crippen LogP) is 1.00. The monoisotopic (exact) mass is 266 g/mol. The Morgan fingerprint density at radius 2 is 2.17 bits per heavy atom. The molecule has 5 nitrogen and oxygen atoms in total. The number of hydrogen-bond donors (Lipinski definition) is 2. The Kier molecular flexibility index (Phi) is 3.08. The fraction of sp³-hybridized carbons (Fsp3) is 0.333. The minimum absolute atomic E-state index is 0.179. The molecule has 18 heavy (non-hydrogen) atoms. The standard InChI is InChI=1S/C12H14N2O3S/c1-12(2,17)11(16)14-8-5-7(13)3-4-9(8)18-6-10(14)15/h3-5,17H,6,13H2,1-2H3. The van der Waals surface area contributed by atoms with Crippen LogP contribution in [0.25, 0.3) is 0 Å². The zero-order chi connectivity index (χ0) is 13.5. The summed E-state index contributed by atoms with van der Waals surface area (Å²) in [5.41, 5.74) is 5.00. The first-order chi connectivity index (χ1) is 8.30. The quantitative estimate of drug-likeness (QED) is 0.741. The van der Waals surface area contributed by atoms with Gasteiger partial charge < -0.3 is 10.8 Å². The van der Waals surface area contributed by atoms with E-state index < -0.39 is 11.5 Å². The maximum Gasteiger partial charge on any atom is 0.265 e. The van der Waals surface area contributed by atoms with Gasteiger partial charge in [-0.25, -0.2) is 4.90 Å². The predicted molar refractivity (Wildman–Crippen MR) is 70.4 cm³/mol. The molecule has 0 atom stereocenters. The number of nitrogen functional groups attached to an aromatic ring is 1. The molecule has 0 aliphatic carbocycles. The van der Waals surface area contributed by atoms with Crippen LogP contribution in [0.3, 0.4) is 0 Å². The molecule has 6 heteroatoms. The molecule has 2 rings (SSSR count). The first-order valence-corrected chi connectivity index (χ1v) is 6.41. The minimum Gasteiger partial charge on any atom is -0.399 e. The van der Waals surface area contributed by atoms with Crippen LogP contribution in [0.1, 0.15) is 13.8 Å². The molecule has 0 unspecified atom stereocenters. The van der Waals surface area contributed by atoms with Gasteiger partial charge in [0.15, 0.2) is 0 Å². The number of thioether (sulfide) groups is 1. The van der Waals surface area contributed by atoms with Crippen LogP contribution in [0.4, 0.5) is 11.4 Å². The smallest absolute Gasteiger partial charge is 0.265 e. The Morgan fingerprint density at radius 3 is 2.78 bits per heavy atom. The van der Waals surface area contributed by atoms with Crippen molar-refractivity contribution in [3.8, 4) is 0 Å². The van der Waals surface area contributed by atoms with Crippen molar-refractivity contribution in [3.63, 3.8) is 0 Å². The second-order valence-electron chi connectivity index (χ2n) is 4.61. The molecule has 2 amide bonds. The van der Waals surface area contributed by atoms with E-state index >= 15 is 0 Å². The van der Waals surface area contributed by atoms with E-state index in [9.17, 15) is 14.7 Å². The van der Waals surface area contributed by atoms with E-state index in [1.165, 1.54) is 25.6 Å². The van der Waals surface area contributed by atoms with Crippen LogP contribution < -0.4 is 10.6 Å². The molecule has 0 fully saturated rings. The molecule has 1 aromatic carbocycles. The van der Waals surface area contributed by atoms with Crippen molar-refractivity contribution in [1.82, 2.24) is 0 Å².